The monoisotopic (exact) mass is 459 g/mol. The quantitative estimate of drug-likeness (QED) is 0.344. The molecule has 1 aliphatic heterocycles. The summed E-state index contributed by atoms with van der Waals surface area (Å²) in [7, 11) is 1.36. The summed E-state index contributed by atoms with van der Waals surface area (Å²) in [6.07, 6.45) is 2.45. The number of benzene rings is 1. The van der Waals surface area contributed by atoms with Crippen LogP contribution in [0.3, 0.4) is 0 Å². The van der Waals surface area contributed by atoms with Crippen LogP contribution in [0.4, 0.5) is 10.1 Å². The number of allylic oxidation sites excluding steroid dienone is 1. The lowest BCUT2D eigenvalue weighted by Gasteiger charge is -2.33. The highest BCUT2D eigenvalue weighted by atomic mass is 19.1. The van der Waals surface area contributed by atoms with E-state index in [1.54, 1.807) is 4.90 Å². The van der Waals surface area contributed by atoms with Crippen molar-refractivity contribution in [3.05, 3.63) is 42.6 Å². The van der Waals surface area contributed by atoms with Crippen LogP contribution in [0.5, 0.6) is 0 Å². The number of rotatable bonds is 12. The number of halogens is 1. The molecular formula is C24H30FN3O5. The lowest BCUT2D eigenvalue weighted by Crippen LogP contribution is -2.44. The van der Waals surface area contributed by atoms with Crippen LogP contribution < -0.4 is 4.90 Å². The van der Waals surface area contributed by atoms with E-state index in [0.717, 1.165) is 6.42 Å². The first-order valence-corrected chi connectivity index (χ1v) is 11.1. The molecule has 0 saturated carbocycles. The smallest absolute Gasteiger partial charge is 0.305 e. The Kier molecular flexibility index (Phi) is 8.32. The van der Waals surface area contributed by atoms with Crippen LogP contribution in [-0.2, 0) is 24.5 Å². The zero-order chi connectivity index (χ0) is 23.8. The second kappa shape index (κ2) is 11.2. The number of carbonyl (C=O) groups excluding carboxylic acids is 2. The maximum Gasteiger partial charge on any atom is 0.305 e. The Morgan fingerprint density at radius 2 is 2.00 bits per heavy atom. The van der Waals surface area contributed by atoms with Crippen molar-refractivity contribution >= 4 is 17.6 Å². The van der Waals surface area contributed by atoms with E-state index in [0.29, 0.717) is 62.0 Å². The third-order valence-electron chi connectivity index (χ3n) is 5.60. The average Bonchev–Trinajstić information content (AvgIpc) is 3.29. The van der Waals surface area contributed by atoms with E-state index in [-0.39, 0.29) is 30.1 Å². The Morgan fingerprint density at radius 3 is 2.67 bits per heavy atom. The molecule has 1 fully saturated rings. The fourth-order valence-electron chi connectivity index (χ4n) is 3.52. The Hall–Kier alpha value is -3.07. The van der Waals surface area contributed by atoms with Gasteiger partial charge in [0.1, 0.15) is 0 Å². The molecule has 33 heavy (non-hydrogen) atoms. The fourth-order valence-corrected chi connectivity index (χ4v) is 3.52. The average molecular weight is 460 g/mol. The van der Waals surface area contributed by atoms with Gasteiger partial charge in [0.05, 0.1) is 31.6 Å². The van der Waals surface area contributed by atoms with Gasteiger partial charge in [-0.2, -0.15) is 4.98 Å². The van der Waals surface area contributed by atoms with Gasteiger partial charge in [-0.25, -0.2) is 4.39 Å². The molecular weight excluding hydrogens is 429 g/mol. The van der Waals surface area contributed by atoms with E-state index in [4.69, 9.17) is 9.26 Å². The largest absolute Gasteiger partial charge is 0.469 e. The number of amides is 1. The molecule has 0 radical (unpaired) electrons. The highest BCUT2D eigenvalue weighted by Gasteiger charge is 2.41. The highest BCUT2D eigenvalue weighted by molar-refractivity contribution is 5.94. The van der Waals surface area contributed by atoms with Gasteiger partial charge in [0, 0.05) is 37.1 Å². The third-order valence-corrected chi connectivity index (χ3v) is 5.60. The SMILES string of the molecule is C=C(F)CCC(=O)N(CCCCCC(=O)OC)c1cccc(-c2noc(C3(C)COC3)n2)c1. The van der Waals surface area contributed by atoms with Gasteiger partial charge in [-0.3, -0.25) is 9.59 Å². The summed E-state index contributed by atoms with van der Waals surface area (Å²) >= 11 is 0. The van der Waals surface area contributed by atoms with Crippen LogP contribution in [0.1, 0.15) is 51.3 Å². The normalized spacial score (nSPS) is 14.4. The lowest BCUT2D eigenvalue weighted by molar-refractivity contribution is -0.140. The van der Waals surface area contributed by atoms with Crippen molar-refractivity contribution in [1.82, 2.24) is 10.1 Å². The summed E-state index contributed by atoms with van der Waals surface area (Å²) in [6, 6.07) is 7.31. The van der Waals surface area contributed by atoms with Gasteiger partial charge in [0.25, 0.3) is 0 Å². The summed E-state index contributed by atoms with van der Waals surface area (Å²) in [5, 5.41) is 4.10. The number of esters is 1. The van der Waals surface area contributed by atoms with Crippen LogP contribution >= 0.6 is 0 Å². The van der Waals surface area contributed by atoms with E-state index in [9.17, 15) is 14.0 Å². The zero-order valence-corrected chi connectivity index (χ0v) is 19.1. The number of carbonyl (C=O) groups is 2. The van der Waals surface area contributed by atoms with Gasteiger partial charge < -0.3 is 18.9 Å². The van der Waals surface area contributed by atoms with Gasteiger partial charge >= 0.3 is 5.97 Å². The Labute approximate surface area is 192 Å². The molecule has 9 heteroatoms. The molecule has 178 valence electrons. The maximum atomic E-state index is 13.2. The van der Waals surface area contributed by atoms with E-state index in [2.05, 4.69) is 21.5 Å². The summed E-state index contributed by atoms with van der Waals surface area (Å²) in [4.78, 5) is 30.3. The molecule has 0 unspecified atom stereocenters. The molecule has 2 heterocycles. The molecule has 8 nitrogen and oxygen atoms in total. The number of unbranched alkanes of at least 4 members (excludes halogenated alkanes) is 2. The Balaban J connectivity index is 1.73. The predicted octanol–water partition coefficient (Wildman–Crippen LogP) is 4.35. The van der Waals surface area contributed by atoms with Crippen molar-refractivity contribution in [2.45, 2.75) is 50.9 Å². The van der Waals surface area contributed by atoms with E-state index in [1.165, 1.54) is 7.11 Å². The van der Waals surface area contributed by atoms with Crippen molar-refractivity contribution in [2.75, 3.05) is 31.8 Å². The number of aromatic nitrogens is 2. The van der Waals surface area contributed by atoms with Crippen molar-refractivity contribution in [3.63, 3.8) is 0 Å². The summed E-state index contributed by atoms with van der Waals surface area (Å²) in [5.41, 5.74) is 1.10. The molecule has 0 N–H and O–H groups in total. The molecule has 0 aliphatic carbocycles. The first-order chi connectivity index (χ1) is 15.8. The van der Waals surface area contributed by atoms with E-state index in [1.807, 2.05) is 31.2 Å². The molecule has 1 saturated heterocycles. The first kappa shape index (κ1) is 24.6. The maximum absolute atomic E-state index is 13.2. The second-order valence-electron chi connectivity index (χ2n) is 8.48. The Bertz CT molecular complexity index is 986. The number of methoxy groups -OCH3 is 1. The zero-order valence-electron chi connectivity index (χ0n) is 19.1. The lowest BCUT2D eigenvalue weighted by atomic mass is 9.89. The molecule has 3 rings (SSSR count). The van der Waals surface area contributed by atoms with Crippen LogP contribution in [0.25, 0.3) is 11.4 Å². The standard InChI is InChI=1S/C24H30FN3O5/c1-17(25)11-12-20(29)28(13-6-4-5-10-21(30)31-3)19-9-7-8-18(14-19)22-26-23(33-27-22)24(2)15-32-16-24/h7-9,14H,1,4-6,10-13,15-16H2,2-3H3. The van der Waals surface area contributed by atoms with Crippen LogP contribution in [0.15, 0.2) is 41.2 Å². The minimum Gasteiger partial charge on any atom is -0.469 e. The van der Waals surface area contributed by atoms with Crippen LogP contribution in [0, 0.1) is 0 Å². The molecule has 1 aliphatic rings. The van der Waals surface area contributed by atoms with Crippen molar-refractivity contribution < 1.29 is 28.0 Å². The van der Waals surface area contributed by atoms with Crippen LogP contribution in [0.2, 0.25) is 0 Å². The van der Waals surface area contributed by atoms with Crippen molar-refractivity contribution in [3.8, 4) is 11.4 Å². The van der Waals surface area contributed by atoms with Crippen molar-refractivity contribution in [1.29, 1.82) is 0 Å². The molecule has 1 aromatic carbocycles. The molecule has 1 amide bonds. The molecule has 0 spiro atoms. The van der Waals surface area contributed by atoms with Crippen molar-refractivity contribution in [2.24, 2.45) is 0 Å². The van der Waals surface area contributed by atoms with Gasteiger partial charge in [-0.15, -0.1) is 0 Å². The first-order valence-electron chi connectivity index (χ1n) is 11.1. The fraction of sp³-hybridized carbons (Fsp3) is 0.500. The van der Waals surface area contributed by atoms with Crippen LogP contribution in [-0.4, -0.2) is 48.9 Å². The Morgan fingerprint density at radius 1 is 1.21 bits per heavy atom. The van der Waals surface area contributed by atoms with E-state index >= 15 is 0 Å². The molecule has 2 aromatic rings. The molecule has 0 atom stereocenters. The minimum absolute atomic E-state index is 0.0203. The van der Waals surface area contributed by atoms with E-state index < -0.39 is 5.83 Å². The van der Waals surface area contributed by atoms with Gasteiger partial charge in [0.15, 0.2) is 0 Å². The number of nitrogens with zero attached hydrogens (tertiary/aromatic N) is 3. The number of ether oxygens (including phenoxy) is 2. The third kappa shape index (κ3) is 6.47. The summed E-state index contributed by atoms with van der Waals surface area (Å²) in [6.45, 7) is 6.75. The second-order valence-corrected chi connectivity index (χ2v) is 8.48. The molecule has 1 aromatic heterocycles. The van der Waals surface area contributed by atoms with Gasteiger partial charge in [0.2, 0.25) is 17.6 Å². The summed E-state index contributed by atoms with van der Waals surface area (Å²) < 4.78 is 28.5. The number of hydrogen-bond acceptors (Lipinski definition) is 7. The topological polar surface area (TPSA) is 94.8 Å². The highest BCUT2D eigenvalue weighted by Crippen LogP contribution is 2.32. The van der Waals surface area contributed by atoms with Gasteiger partial charge in [-0.05, 0) is 31.9 Å². The van der Waals surface area contributed by atoms with Gasteiger partial charge in [-0.1, -0.05) is 30.3 Å². The molecule has 0 bridgehead atoms. The number of hydrogen-bond donors (Lipinski definition) is 0. The minimum atomic E-state index is -0.525. The predicted molar refractivity (Wildman–Crippen MR) is 120 cm³/mol. The summed E-state index contributed by atoms with van der Waals surface area (Å²) in [5.74, 6) is -0.0228. The number of anilines is 1.